The van der Waals surface area contributed by atoms with E-state index in [0.717, 1.165) is 11.8 Å². The molecule has 0 bridgehead atoms. The van der Waals surface area contributed by atoms with Crippen LogP contribution in [0.2, 0.25) is 0 Å². The molecule has 0 spiro atoms. The van der Waals surface area contributed by atoms with Crippen molar-refractivity contribution < 1.29 is 0 Å². The molecule has 1 N–H and O–H groups in total. The van der Waals surface area contributed by atoms with Crippen LogP contribution in [0.1, 0.15) is 10.6 Å². The van der Waals surface area contributed by atoms with Crippen molar-refractivity contribution in [3.8, 4) is 0 Å². The van der Waals surface area contributed by atoms with E-state index in [-0.39, 0.29) is 0 Å². The molecule has 0 radical (unpaired) electrons. The summed E-state index contributed by atoms with van der Waals surface area (Å²) in [6.07, 6.45) is 0. The Labute approximate surface area is 94.5 Å². The summed E-state index contributed by atoms with van der Waals surface area (Å²) in [7, 11) is 0. The molecule has 0 saturated carbocycles. The average molecular weight is 223 g/mol. The van der Waals surface area contributed by atoms with Crippen molar-refractivity contribution in [1.82, 2.24) is 10.3 Å². The van der Waals surface area contributed by atoms with E-state index in [4.69, 9.17) is 0 Å². The van der Waals surface area contributed by atoms with Crippen LogP contribution in [0.15, 0.2) is 0 Å². The maximum atomic E-state index is 4.64. The van der Waals surface area contributed by atoms with E-state index < -0.39 is 0 Å². The van der Waals surface area contributed by atoms with E-state index in [9.17, 15) is 0 Å². The Hall–Kier alpha value is -0.610. The Bertz CT molecular complexity index is 342. The van der Waals surface area contributed by atoms with Crippen molar-refractivity contribution in [3.63, 3.8) is 0 Å². The lowest BCUT2D eigenvalue weighted by Gasteiger charge is -2.15. The van der Waals surface area contributed by atoms with E-state index in [1.54, 1.807) is 0 Å². The van der Waals surface area contributed by atoms with Gasteiger partial charge in [-0.2, -0.15) is 0 Å². The summed E-state index contributed by atoms with van der Waals surface area (Å²) >= 11 is 1.84. The fourth-order valence-corrected chi connectivity index (χ4v) is 3.53. The van der Waals surface area contributed by atoms with Gasteiger partial charge in [0.05, 0.1) is 5.69 Å². The molecule has 2 atom stereocenters. The number of hydrogen-bond acceptors (Lipinski definition) is 4. The molecule has 0 amide bonds. The summed E-state index contributed by atoms with van der Waals surface area (Å²) < 4.78 is 0. The van der Waals surface area contributed by atoms with Crippen LogP contribution in [-0.4, -0.2) is 31.2 Å². The summed E-state index contributed by atoms with van der Waals surface area (Å²) in [5, 5.41) is 4.70. The molecule has 0 unspecified atom stereocenters. The third-order valence-corrected chi connectivity index (χ3v) is 4.81. The predicted octanol–water partition coefficient (Wildman–Crippen LogP) is 1.42. The Morgan fingerprint density at radius 2 is 1.93 bits per heavy atom. The van der Waals surface area contributed by atoms with Crippen LogP contribution in [0.3, 0.4) is 0 Å². The zero-order chi connectivity index (χ0) is 10.4. The van der Waals surface area contributed by atoms with Crippen LogP contribution in [0.25, 0.3) is 0 Å². The molecule has 3 nitrogen and oxygen atoms in total. The average Bonchev–Trinajstić information content (AvgIpc) is 2.80. The Balaban J connectivity index is 1.79. The standard InChI is InChI=1S/C11H17N3S/c1-7-8(2)15-11(13-7)14-5-9-3-12-4-10(9)6-14/h9-10,12H,3-6H2,1-2H3/t9-,10+. The normalized spacial score (nSPS) is 29.9. The summed E-state index contributed by atoms with van der Waals surface area (Å²) in [4.78, 5) is 8.48. The summed E-state index contributed by atoms with van der Waals surface area (Å²) in [6, 6.07) is 0. The predicted molar refractivity (Wildman–Crippen MR) is 63.7 cm³/mol. The van der Waals surface area contributed by atoms with Crippen molar-refractivity contribution in [2.24, 2.45) is 11.8 Å². The van der Waals surface area contributed by atoms with Gasteiger partial charge in [0, 0.05) is 31.1 Å². The van der Waals surface area contributed by atoms with Gasteiger partial charge in [0.25, 0.3) is 0 Å². The van der Waals surface area contributed by atoms with Crippen molar-refractivity contribution in [1.29, 1.82) is 0 Å². The maximum absolute atomic E-state index is 4.64. The van der Waals surface area contributed by atoms with Gasteiger partial charge in [0.2, 0.25) is 0 Å². The van der Waals surface area contributed by atoms with Gasteiger partial charge in [0.15, 0.2) is 5.13 Å². The Morgan fingerprint density at radius 1 is 1.27 bits per heavy atom. The summed E-state index contributed by atoms with van der Waals surface area (Å²) in [6.45, 7) is 9.06. The number of hydrogen-bond donors (Lipinski definition) is 1. The first-order valence-electron chi connectivity index (χ1n) is 5.63. The van der Waals surface area contributed by atoms with Crippen LogP contribution in [0.4, 0.5) is 5.13 Å². The van der Waals surface area contributed by atoms with Gasteiger partial charge in [-0.3, -0.25) is 0 Å². The van der Waals surface area contributed by atoms with E-state index in [0.29, 0.717) is 0 Å². The van der Waals surface area contributed by atoms with Crippen LogP contribution < -0.4 is 10.2 Å². The van der Waals surface area contributed by atoms with Gasteiger partial charge in [-0.25, -0.2) is 4.98 Å². The minimum atomic E-state index is 0.856. The number of nitrogens with one attached hydrogen (secondary N) is 1. The van der Waals surface area contributed by atoms with Crippen molar-refractivity contribution in [2.45, 2.75) is 13.8 Å². The van der Waals surface area contributed by atoms with E-state index >= 15 is 0 Å². The summed E-state index contributed by atoms with van der Waals surface area (Å²) in [5.41, 5.74) is 1.20. The SMILES string of the molecule is Cc1nc(N2C[C@H]3CNC[C@H]3C2)sc1C. The number of aromatic nitrogens is 1. The Morgan fingerprint density at radius 3 is 2.47 bits per heavy atom. The highest BCUT2D eigenvalue weighted by atomic mass is 32.1. The third-order valence-electron chi connectivity index (χ3n) is 3.68. The molecule has 1 aromatic heterocycles. The molecule has 1 aromatic rings. The zero-order valence-electron chi connectivity index (χ0n) is 9.29. The van der Waals surface area contributed by atoms with E-state index in [1.165, 1.54) is 41.9 Å². The molecule has 3 heterocycles. The number of rotatable bonds is 1. The third kappa shape index (κ3) is 1.56. The molecular formula is C11H17N3S. The van der Waals surface area contributed by atoms with Crippen molar-refractivity contribution >= 4 is 16.5 Å². The minimum Gasteiger partial charge on any atom is -0.347 e. The second kappa shape index (κ2) is 3.46. The molecule has 2 fully saturated rings. The van der Waals surface area contributed by atoms with Gasteiger partial charge in [-0.1, -0.05) is 0 Å². The van der Waals surface area contributed by atoms with Crippen LogP contribution >= 0.6 is 11.3 Å². The Kier molecular flexibility index (Phi) is 2.21. The van der Waals surface area contributed by atoms with Crippen LogP contribution in [0.5, 0.6) is 0 Å². The van der Waals surface area contributed by atoms with Crippen LogP contribution in [0, 0.1) is 25.7 Å². The first-order valence-corrected chi connectivity index (χ1v) is 6.45. The second-order valence-electron chi connectivity index (χ2n) is 4.72. The van der Waals surface area contributed by atoms with Crippen molar-refractivity contribution in [3.05, 3.63) is 10.6 Å². The first kappa shape index (κ1) is 9.60. The van der Waals surface area contributed by atoms with Crippen molar-refractivity contribution in [2.75, 3.05) is 31.1 Å². The maximum Gasteiger partial charge on any atom is 0.185 e. The molecule has 82 valence electrons. The minimum absolute atomic E-state index is 0.856. The monoisotopic (exact) mass is 223 g/mol. The molecule has 2 saturated heterocycles. The topological polar surface area (TPSA) is 28.2 Å². The molecule has 4 heteroatoms. The van der Waals surface area contributed by atoms with Gasteiger partial charge >= 0.3 is 0 Å². The fourth-order valence-electron chi connectivity index (χ4n) is 2.60. The quantitative estimate of drug-likeness (QED) is 0.780. The lowest BCUT2D eigenvalue weighted by atomic mass is 10.0. The summed E-state index contributed by atoms with van der Waals surface area (Å²) in [5.74, 6) is 1.71. The second-order valence-corrected chi connectivity index (χ2v) is 5.90. The van der Waals surface area contributed by atoms with Gasteiger partial charge in [-0.05, 0) is 25.7 Å². The highest BCUT2D eigenvalue weighted by Crippen LogP contribution is 2.33. The lowest BCUT2D eigenvalue weighted by molar-refractivity contribution is 0.533. The molecule has 3 rings (SSSR count). The lowest BCUT2D eigenvalue weighted by Crippen LogP contribution is -2.25. The molecule has 0 aromatic carbocycles. The smallest absolute Gasteiger partial charge is 0.185 e. The highest BCUT2D eigenvalue weighted by Gasteiger charge is 2.37. The van der Waals surface area contributed by atoms with Gasteiger partial charge < -0.3 is 10.2 Å². The molecule has 2 aliphatic rings. The number of thiazole rings is 1. The number of anilines is 1. The van der Waals surface area contributed by atoms with Gasteiger partial charge in [-0.15, -0.1) is 11.3 Å². The zero-order valence-corrected chi connectivity index (χ0v) is 10.1. The molecular weight excluding hydrogens is 206 g/mol. The molecule has 0 aliphatic carbocycles. The van der Waals surface area contributed by atoms with Crippen LogP contribution in [-0.2, 0) is 0 Å². The number of fused-ring (bicyclic) bond motifs is 1. The van der Waals surface area contributed by atoms with E-state index in [2.05, 4.69) is 29.0 Å². The molecule has 15 heavy (non-hydrogen) atoms. The highest BCUT2D eigenvalue weighted by molar-refractivity contribution is 7.15. The number of nitrogens with zero attached hydrogens (tertiary/aromatic N) is 2. The number of aryl methyl sites for hydroxylation is 2. The largest absolute Gasteiger partial charge is 0.347 e. The fraction of sp³-hybridized carbons (Fsp3) is 0.727. The molecule has 2 aliphatic heterocycles. The first-order chi connectivity index (χ1) is 7.24. The van der Waals surface area contributed by atoms with E-state index in [1.807, 2.05) is 11.3 Å². The van der Waals surface area contributed by atoms with Gasteiger partial charge in [0.1, 0.15) is 0 Å².